The highest BCUT2D eigenvalue weighted by Crippen LogP contribution is 2.20. The van der Waals surface area contributed by atoms with E-state index in [0.717, 1.165) is 6.42 Å². The fourth-order valence-corrected chi connectivity index (χ4v) is 2.74. The Morgan fingerprint density at radius 3 is 2.35 bits per heavy atom. The lowest BCUT2D eigenvalue weighted by Gasteiger charge is -2.29. The van der Waals surface area contributed by atoms with Gasteiger partial charge in [-0.25, -0.2) is 4.79 Å². The summed E-state index contributed by atoms with van der Waals surface area (Å²) < 4.78 is 0. The van der Waals surface area contributed by atoms with E-state index < -0.39 is 30.0 Å². The van der Waals surface area contributed by atoms with Gasteiger partial charge < -0.3 is 21.1 Å². The smallest absolute Gasteiger partial charge is 0.326 e. The molecule has 0 aliphatic carbocycles. The van der Waals surface area contributed by atoms with Crippen molar-refractivity contribution in [1.82, 2.24) is 10.2 Å². The normalized spacial score (nSPS) is 20.7. The molecule has 7 heteroatoms. The minimum atomic E-state index is -1.05. The second-order valence-corrected chi connectivity index (χ2v) is 6.99. The lowest BCUT2D eigenvalue weighted by Crippen LogP contribution is -2.54. The molecule has 1 rings (SSSR count). The van der Waals surface area contributed by atoms with E-state index in [4.69, 9.17) is 5.73 Å². The largest absolute Gasteiger partial charge is 0.480 e. The summed E-state index contributed by atoms with van der Waals surface area (Å²) in [5.41, 5.74) is 5.90. The molecule has 132 valence electrons. The van der Waals surface area contributed by atoms with Gasteiger partial charge in [-0.05, 0) is 31.1 Å². The van der Waals surface area contributed by atoms with Crippen LogP contribution in [0.3, 0.4) is 0 Å². The number of nitrogens with one attached hydrogen (secondary N) is 1. The van der Waals surface area contributed by atoms with Crippen LogP contribution >= 0.6 is 0 Å². The third kappa shape index (κ3) is 5.20. The molecule has 0 aromatic carbocycles. The number of nitrogens with zero attached hydrogens (tertiary/aromatic N) is 1. The van der Waals surface area contributed by atoms with Crippen molar-refractivity contribution in [2.24, 2.45) is 17.6 Å². The van der Waals surface area contributed by atoms with Gasteiger partial charge in [0.2, 0.25) is 11.8 Å². The molecule has 1 saturated heterocycles. The zero-order valence-electron chi connectivity index (χ0n) is 14.4. The minimum absolute atomic E-state index is 0.0143. The first-order chi connectivity index (χ1) is 10.6. The Kier molecular flexibility index (Phi) is 7.00. The molecule has 23 heavy (non-hydrogen) atoms. The highest BCUT2D eigenvalue weighted by Gasteiger charge is 2.38. The summed E-state index contributed by atoms with van der Waals surface area (Å²) >= 11 is 0. The van der Waals surface area contributed by atoms with Crippen LogP contribution in [0.5, 0.6) is 0 Å². The zero-order valence-corrected chi connectivity index (χ0v) is 14.4. The number of nitrogens with two attached hydrogens (primary N) is 1. The number of carboxylic acids is 1. The molecule has 0 bridgehead atoms. The number of carboxylic acid groups (broad SMARTS) is 1. The van der Waals surface area contributed by atoms with E-state index in [1.165, 1.54) is 4.90 Å². The summed E-state index contributed by atoms with van der Waals surface area (Å²) in [5.74, 6) is -1.57. The number of amides is 2. The standard InChI is InChI=1S/C16H29N3O4/c1-9(2)8-11(16(22)23)18-14(20)12-6-5-7-19(12)15(21)13(17)10(3)4/h9-13H,5-8,17H2,1-4H3,(H,18,20)(H,22,23)/t11-,12+,13+/m0/s1. The van der Waals surface area contributed by atoms with Crippen LogP contribution in [0.4, 0.5) is 0 Å². The van der Waals surface area contributed by atoms with Crippen molar-refractivity contribution in [3.8, 4) is 0 Å². The van der Waals surface area contributed by atoms with E-state index >= 15 is 0 Å². The van der Waals surface area contributed by atoms with Gasteiger partial charge in [-0.2, -0.15) is 0 Å². The molecule has 1 heterocycles. The molecular formula is C16H29N3O4. The summed E-state index contributed by atoms with van der Waals surface area (Å²) in [5, 5.41) is 11.8. The average molecular weight is 327 g/mol. The van der Waals surface area contributed by atoms with Crippen molar-refractivity contribution in [3.05, 3.63) is 0 Å². The Bertz CT molecular complexity index is 451. The van der Waals surface area contributed by atoms with Crippen LogP contribution in [-0.2, 0) is 14.4 Å². The molecule has 1 aliphatic rings. The lowest BCUT2D eigenvalue weighted by atomic mass is 10.0. The van der Waals surface area contributed by atoms with Crippen LogP contribution in [0.2, 0.25) is 0 Å². The van der Waals surface area contributed by atoms with Crippen LogP contribution in [0, 0.1) is 11.8 Å². The van der Waals surface area contributed by atoms with Crippen molar-refractivity contribution < 1.29 is 19.5 Å². The topological polar surface area (TPSA) is 113 Å². The van der Waals surface area contributed by atoms with Gasteiger partial charge in [-0.1, -0.05) is 27.7 Å². The molecule has 3 atom stereocenters. The molecule has 0 aromatic rings. The van der Waals surface area contributed by atoms with E-state index in [0.29, 0.717) is 19.4 Å². The van der Waals surface area contributed by atoms with Crippen molar-refractivity contribution in [3.63, 3.8) is 0 Å². The van der Waals surface area contributed by atoms with Gasteiger partial charge in [-0.3, -0.25) is 9.59 Å². The van der Waals surface area contributed by atoms with Gasteiger partial charge in [0.05, 0.1) is 6.04 Å². The van der Waals surface area contributed by atoms with E-state index in [1.807, 2.05) is 27.7 Å². The number of likely N-dealkylation sites (tertiary alicyclic amines) is 1. The van der Waals surface area contributed by atoms with E-state index in [1.54, 1.807) is 0 Å². The molecular weight excluding hydrogens is 298 g/mol. The predicted octanol–water partition coefficient (Wildman–Crippen LogP) is 0.576. The summed E-state index contributed by atoms with van der Waals surface area (Å²) in [6.45, 7) is 8.00. The average Bonchev–Trinajstić information content (AvgIpc) is 2.93. The van der Waals surface area contributed by atoms with E-state index in [2.05, 4.69) is 5.32 Å². The first-order valence-corrected chi connectivity index (χ1v) is 8.24. The summed E-state index contributed by atoms with van der Waals surface area (Å²) in [6.07, 6.45) is 1.61. The number of hydrogen-bond acceptors (Lipinski definition) is 4. The van der Waals surface area contributed by atoms with Crippen molar-refractivity contribution in [2.45, 2.75) is 65.1 Å². The van der Waals surface area contributed by atoms with Crippen LogP contribution in [0.25, 0.3) is 0 Å². The van der Waals surface area contributed by atoms with Crippen LogP contribution in [-0.4, -0.2) is 52.5 Å². The molecule has 1 fully saturated rings. The second-order valence-electron chi connectivity index (χ2n) is 6.99. The maximum absolute atomic E-state index is 12.4. The fraction of sp³-hybridized carbons (Fsp3) is 0.812. The highest BCUT2D eigenvalue weighted by atomic mass is 16.4. The van der Waals surface area contributed by atoms with E-state index in [-0.39, 0.29) is 17.7 Å². The van der Waals surface area contributed by atoms with Crippen LogP contribution < -0.4 is 11.1 Å². The predicted molar refractivity (Wildman–Crippen MR) is 86.6 cm³/mol. The summed E-state index contributed by atoms with van der Waals surface area (Å²) in [4.78, 5) is 37.6. The Morgan fingerprint density at radius 2 is 1.87 bits per heavy atom. The van der Waals surface area contributed by atoms with Gasteiger partial charge in [0.1, 0.15) is 12.1 Å². The second kappa shape index (κ2) is 8.29. The molecule has 1 aliphatic heterocycles. The van der Waals surface area contributed by atoms with Crippen LogP contribution in [0.15, 0.2) is 0 Å². The van der Waals surface area contributed by atoms with Crippen LogP contribution in [0.1, 0.15) is 47.0 Å². The number of carbonyl (C=O) groups excluding carboxylic acids is 2. The minimum Gasteiger partial charge on any atom is -0.480 e. The van der Waals surface area contributed by atoms with Crippen molar-refractivity contribution in [1.29, 1.82) is 0 Å². The molecule has 0 saturated carbocycles. The van der Waals surface area contributed by atoms with Gasteiger partial charge in [0.25, 0.3) is 0 Å². The summed E-state index contributed by atoms with van der Waals surface area (Å²) in [6, 6.07) is -2.20. The maximum Gasteiger partial charge on any atom is 0.326 e. The lowest BCUT2D eigenvalue weighted by molar-refractivity contribution is -0.144. The molecule has 0 radical (unpaired) electrons. The maximum atomic E-state index is 12.4. The number of rotatable bonds is 7. The van der Waals surface area contributed by atoms with E-state index in [9.17, 15) is 19.5 Å². The van der Waals surface area contributed by atoms with Crippen molar-refractivity contribution in [2.75, 3.05) is 6.54 Å². The number of hydrogen-bond donors (Lipinski definition) is 3. The monoisotopic (exact) mass is 327 g/mol. The zero-order chi connectivity index (χ0) is 17.7. The molecule has 4 N–H and O–H groups in total. The first kappa shape index (κ1) is 19.4. The first-order valence-electron chi connectivity index (χ1n) is 8.24. The number of aliphatic carboxylic acids is 1. The van der Waals surface area contributed by atoms with Gasteiger partial charge in [0, 0.05) is 6.54 Å². The molecule has 0 aromatic heterocycles. The third-order valence-corrected chi connectivity index (χ3v) is 4.16. The number of carbonyl (C=O) groups is 3. The Balaban J connectivity index is 2.77. The van der Waals surface area contributed by atoms with Gasteiger partial charge in [-0.15, -0.1) is 0 Å². The fourth-order valence-electron chi connectivity index (χ4n) is 2.74. The summed E-state index contributed by atoms with van der Waals surface area (Å²) in [7, 11) is 0. The molecule has 0 unspecified atom stereocenters. The van der Waals surface area contributed by atoms with Crippen molar-refractivity contribution >= 4 is 17.8 Å². The third-order valence-electron chi connectivity index (χ3n) is 4.16. The molecule has 2 amide bonds. The highest BCUT2D eigenvalue weighted by molar-refractivity contribution is 5.92. The van der Waals surface area contributed by atoms with Gasteiger partial charge >= 0.3 is 5.97 Å². The Labute approximate surface area is 137 Å². The quantitative estimate of drug-likeness (QED) is 0.633. The Morgan fingerprint density at radius 1 is 1.26 bits per heavy atom. The molecule has 0 spiro atoms. The molecule has 7 nitrogen and oxygen atoms in total. The SMILES string of the molecule is CC(C)C[C@H](NC(=O)[C@H]1CCCN1C(=O)[C@H](N)C(C)C)C(=O)O. The van der Waals surface area contributed by atoms with Gasteiger partial charge in [0.15, 0.2) is 0 Å². The Hall–Kier alpha value is -1.63.